The van der Waals surface area contributed by atoms with E-state index in [1.807, 2.05) is 12.1 Å². The van der Waals surface area contributed by atoms with E-state index < -0.39 is 0 Å². The monoisotopic (exact) mass is 403 g/mol. The molecule has 152 valence electrons. The van der Waals surface area contributed by atoms with Crippen LogP contribution in [-0.4, -0.2) is 52.2 Å². The van der Waals surface area contributed by atoms with Gasteiger partial charge in [-0.2, -0.15) is 0 Å². The lowest BCUT2D eigenvalue weighted by Gasteiger charge is -2.29. The zero-order valence-electron chi connectivity index (χ0n) is 16.6. The first-order valence-corrected chi connectivity index (χ1v) is 9.60. The maximum atomic E-state index is 13.4. The van der Waals surface area contributed by atoms with Crippen molar-refractivity contribution in [2.24, 2.45) is 0 Å². The van der Waals surface area contributed by atoms with Gasteiger partial charge in [0.05, 0.1) is 5.71 Å². The third-order valence-electron chi connectivity index (χ3n) is 4.83. The molecule has 3 aromatic rings. The fraction of sp³-hybridized carbons (Fsp3) is 0.182. The molecule has 0 radical (unpaired) electrons. The van der Waals surface area contributed by atoms with E-state index in [1.165, 1.54) is 18.5 Å². The minimum Gasteiger partial charge on any atom is -0.385 e. The number of likely N-dealkylation sites (N-methyl/N-ethyl adjacent to an activating group) is 1. The first-order valence-electron chi connectivity index (χ1n) is 9.60. The quantitative estimate of drug-likeness (QED) is 0.568. The molecule has 3 heterocycles. The van der Waals surface area contributed by atoms with Crippen molar-refractivity contribution in [2.75, 3.05) is 32.0 Å². The summed E-state index contributed by atoms with van der Waals surface area (Å²) in [6.07, 6.45) is 4.81. The highest BCUT2D eigenvalue weighted by atomic mass is 19.1. The molecule has 0 atom stereocenters. The summed E-state index contributed by atoms with van der Waals surface area (Å²) < 4.78 is 13.4. The molecule has 7 nitrogen and oxygen atoms in total. The zero-order valence-corrected chi connectivity index (χ0v) is 16.6. The van der Waals surface area contributed by atoms with Crippen LogP contribution in [0, 0.1) is 11.2 Å². The van der Waals surface area contributed by atoms with Crippen molar-refractivity contribution in [1.29, 1.82) is 5.41 Å². The van der Waals surface area contributed by atoms with Crippen molar-refractivity contribution in [1.82, 2.24) is 25.2 Å². The standard InChI is InChI=1S/C22H22FN7/c1-30-11-10-26-18(13-30)21(22(24)15-2-4-17(23)5-3-15)16-6-9-27-20(12-16)29-19-7-8-25-14-28-19/h2-9,12,14,24,26H,10-11,13H2,1H3,(H,25,27,28,29)/b21-18-,24-22?. The highest BCUT2D eigenvalue weighted by Gasteiger charge is 2.20. The fourth-order valence-corrected chi connectivity index (χ4v) is 3.35. The number of rotatable bonds is 5. The van der Waals surface area contributed by atoms with Crippen LogP contribution in [0.25, 0.3) is 5.57 Å². The maximum Gasteiger partial charge on any atom is 0.134 e. The van der Waals surface area contributed by atoms with Gasteiger partial charge in [0.15, 0.2) is 0 Å². The van der Waals surface area contributed by atoms with E-state index in [9.17, 15) is 4.39 Å². The first kappa shape index (κ1) is 19.7. The average molecular weight is 403 g/mol. The van der Waals surface area contributed by atoms with Crippen LogP contribution in [0.3, 0.4) is 0 Å². The minimum absolute atomic E-state index is 0.323. The highest BCUT2D eigenvalue weighted by molar-refractivity contribution is 6.31. The van der Waals surface area contributed by atoms with Crippen molar-refractivity contribution in [3.63, 3.8) is 0 Å². The van der Waals surface area contributed by atoms with Gasteiger partial charge in [0, 0.05) is 48.9 Å². The Morgan fingerprint density at radius 1 is 1.07 bits per heavy atom. The van der Waals surface area contributed by atoms with Crippen LogP contribution in [-0.2, 0) is 0 Å². The molecule has 1 fully saturated rings. The Labute approximate surface area is 174 Å². The number of piperazine rings is 1. The second-order valence-corrected chi connectivity index (χ2v) is 7.05. The van der Waals surface area contributed by atoms with Crippen molar-refractivity contribution >= 4 is 22.9 Å². The Kier molecular flexibility index (Phi) is 5.76. The molecule has 0 spiro atoms. The molecule has 0 saturated carbocycles. The van der Waals surface area contributed by atoms with E-state index in [0.717, 1.165) is 29.9 Å². The van der Waals surface area contributed by atoms with E-state index in [1.54, 1.807) is 30.6 Å². The predicted octanol–water partition coefficient (Wildman–Crippen LogP) is 3.07. The van der Waals surface area contributed by atoms with Crippen molar-refractivity contribution in [3.05, 3.63) is 83.8 Å². The molecule has 1 aromatic carbocycles. The third kappa shape index (κ3) is 4.49. The predicted molar refractivity (Wildman–Crippen MR) is 115 cm³/mol. The summed E-state index contributed by atoms with van der Waals surface area (Å²) in [7, 11) is 2.05. The summed E-state index contributed by atoms with van der Waals surface area (Å²) in [4.78, 5) is 14.7. The molecule has 2 aromatic heterocycles. The van der Waals surface area contributed by atoms with Crippen LogP contribution >= 0.6 is 0 Å². The number of allylic oxidation sites excluding steroid dienone is 1. The largest absolute Gasteiger partial charge is 0.385 e. The second-order valence-electron chi connectivity index (χ2n) is 7.05. The van der Waals surface area contributed by atoms with Crippen molar-refractivity contribution < 1.29 is 4.39 Å². The minimum atomic E-state index is -0.323. The second kappa shape index (κ2) is 8.79. The number of hydrogen-bond donors (Lipinski definition) is 3. The lowest BCUT2D eigenvalue weighted by molar-refractivity contribution is 0.324. The van der Waals surface area contributed by atoms with Crippen molar-refractivity contribution in [2.45, 2.75) is 0 Å². The summed E-state index contributed by atoms with van der Waals surface area (Å²) in [5.74, 6) is 0.921. The summed E-state index contributed by atoms with van der Waals surface area (Å²) in [5.41, 5.74) is 3.54. The molecule has 1 saturated heterocycles. The Balaban J connectivity index is 1.74. The smallest absolute Gasteiger partial charge is 0.134 e. The number of halogens is 1. The molecular weight excluding hydrogens is 381 g/mol. The van der Waals surface area contributed by atoms with Crippen LogP contribution in [0.15, 0.2) is 66.9 Å². The van der Waals surface area contributed by atoms with E-state index in [4.69, 9.17) is 5.41 Å². The van der Waals surface area contributed by atoms with Crippen LogP contribution < -0.4 is 10.6 Å². The average Bonchev–Trinajstić information content (AvgIpc) is 2.75. The molecular formula is C22H22FN7. The number of hydrogen-bond acceptors (Lipinski definition) is 7. The van der Waals surface area contributed by atoms with Gasteiger partial charge >= 0.3 is 0 Å². The van der Waals surface area contributed by atoms with Crippen molar-refractivity contribution in [3.8, 4) is 0 Å². The fourth-order valence-electron chi connectivity index (χ4n) is 3.35. The lowest BCUT2D eigenvalue weighted by atomic mass is 9.93. The molecule has 0 aliphatic carbocycles. The Morgan fingerprint density at radius 3 is 2.63 bits per heavy atom. The normalized spacial score (nSPS) is 15.9. The first-order chi connectivity index (χ1) is 14.6. The Morgan fingerprint density at radius 2 is 1.90 bits per heavy atom. The molecule has 0 amide bonds. The molecule has 0 unspecified atom stereocenters. The van der Waals surface area contributed by atoms with Gasteiger partial charge in [-0.3, -0.25) is 10.3 Å². The van der Waals surface area contributed by atoms with Gasteiger partial charge < -0.3 is 10.6 Å². The number of pyridine rings is 1. The molecule has 1 aliphatic heterocycles. The van der Waals surface area contributed by atoms with E-state index in [-0.39, 0.29) is 5.82 Å². The summed E-state index contributed by atoms with van der Waals surface area (Å²) >= 11 is 0. The summed E-state index contributed by atoms with van der Waals surface area (Å²) in [5, 5.41) is 15.5. The molecule has 1 aliphatic rings. The van der Waals surface area contributed by atoms with E-state index in [2.05, 4.69) is 37.5 Å². The number of nitrogens with zero attached hydrogens (tertiary/aromatic N) is 4. The van der Waals surface area contributed by atoms with Gasteiger partial charge in [-0.15, -0.1) is 0 Å². The van der Waals surface area contributed by atoms with Gasteiger partial charge in [-0.1, -0.05) is 0 Å². The molecule has 4 rings (SSSR count). The van der Waals surface area contributed by atoms with Gasteiger partial charge in [0.2, 0.25) is 0 Å². The summed E-state index contributed by atoms with van der Waals surface area (Å²) in [6, 6.07) is 11.5. The molecule has 3 N–H and O–H groups in total. The van der Waals surface area contributed by atoms with Crippen LogP contribution in [0.4, 0.5) is 16.0 Å². The van der Waals surface area contributed by atoms with Crippen LogP contribution in [0.5, 0.6) is 0 Å². The Bertz CT molecular complexity index is 1060. The number of aromatic nitrogens is 3. The number of nitrogens with one attached hydrogen (secondary N) is 3. The zero-order chi connectivity index (χ0) is 20.9. The third-order valence-corrected chi connectivity index (χ3v) is 4.83. The SMILES string of the molecule is CN1CCN/C(=C(\C(=N)c2ccc(F)cc2)c2ccnc(Nc3ccncn3)c2)C1. The van der Waals surface area contributed by atoms with Gasteiger partial charge in [-0.25, -0.2) is 19.3 Å². The lowest BCUT2D eigenvalue weighted by Crippen LogP contribution is -2.40. The van der Waals surface area contributed by atoms with Gasteiger partial charge in [0.1, 0.15) is 23.8 Å². The highest BCUT2D eigenvalue weighted by Crippen LogP contribution is 2.26. The Hall–Kier alpha value is -3.65. The van der Waals surface area contributed by atoms with Crippen LogP contribution in [0.1, 0.15) is 11.1 Å². The number of benzene rings is 1. The topological polar surface area (TPSA) is 89.8 Å². The maximum absolute atomic E-state index is 13.4. The summed E-state index contributed by atoms with van der Waals surface area (Å²) in [6.45, 7) is 2.41. The van der Waals surface area contributed by atoms with Crippen LogP contribution in [0.2, 0.25) is 0 Å². The van der Waals surface area contributed by atoms with Gasteiger partial charge in [0.25, 0.3) is 0 Å². The molecule has 30 heavy (non-hydrogen) atoms. The van der Waals surface area contributed by atoms with E-state index >= 15 is 0 Å². The number of anilines is 2. The van der Waals surface area contributed by atoms with E-state index in [0.29, 0.717) is 29.5 Å². The molecule has 0 bridgehead atoms. The van der Waals surface area contributed by atoms with Gasteiger partial charge in [-0.05, 0) is 55.1 Å². The molecule has 8 heteroatoms.